The molecule has 0 heterocycles. The molecule has 5 heteroatoms. The van der Waals surface area contributed by atoms with Gasteiger partial charge < -0.3 is 9.84 Å². The molecule has 1 N–H and O–H groups in total. The van der Waals surface area contributed by atoms with Crippen molar-refractivity contribution in [2.24, 2.45) is 11.8 Å². The van der Waals surface area contributed by atoms with Crippen LogP contribution in [0.3, 0.4) is 0 Å². The summed E-state index contributed by atoms with van der Waals surface area (Å²) in [5, 5.41) is 8.87. The van der Waals surface area contributed by atoms with Crippen LogP contribution in [0.25, 0.3) is 0 Å². The molecule has 3 rings (SSSR count). The Bertz CT molecular complexity index is 595. The molecule has 0 aromatic heterocycles. The van der Waals surface area contributed by atoms with Crippen molar-refractivity contribution in [1.29, 1.82) is 0 Å². The van der Waals surface area contributed by atoms with Gasteiger partial charge in [-0.2, -0.15) is 0 Å². The molecule has 20 heavy (non-hydrogen) atoms. The number of carboxylic acids is 1. The number of rotatable bonds is 4. The van der Waals surface area contributed by atoms with Crippen molar-refractivity contribution in [2.75, 3.05) is 0 Å². The number of carboxylic acid groups (broad SMARTS) is 1. The fraction of sp³-hybridized carbons (Fsp3) is 0.333. The van der Waals surface area contributed by atoms with Crippen molar-refractivity contribution in [3.63, 3.8) is 0 Å². The predicted octanol–water partition coefficient (Wildman–Crippen LogP) is 2.10. The smallest absolute Gasteiger partial charge is 0.342 e. The summed E-state index contributed by atoms with van der Waals surface area (Å²) in [6.45, 7) is 0.0980. The fourth-order valence-corrected chi connectivity index (χ4v) is 2.86. The molecule has 2 aliphatic rings. The molecule has 3 atom stereocenters. The van der Waals surface area contributed by atoms with Gasteiger partial charge in [0.15, 0.2) is 0 Å². The molecule has 0 amide bonds. The number of esters is 1. The highest BCUT2D eigenvalue weighted by molar-refractivity contribution is 5.96. The Morgan fingerprint density at radius 1 is 1.35 bits per heavy atom. The maximum absolute atomic E-state index is 14.1. The van der Waals surface area contributed by atoms with Crippen LogP contribution >= 0.6 is 0 Å². The van der Waals surface area contributed by atoms with E-state index in [1.807, 2.05) is 30.3 Å². The van der Waals surface area contributed by atoms with E-state index in [9.17, 15) is 14.0 Å². The third-order valence-corrected chi connectivity index (χ3v) is 3.99. The number of benzene rings is 1. The van der Waals surface area contributed by atoms with Crippen LogP contribution in [-0.4, -0.2) is 22.7 Å². The molecule has 1 aromatic carbocycles. The van der Waals surface area contributed by atoms with Gasteiger partial charge in [-0.05, 0) is 12.0 Å². The lowest BCUT2D eigenvalue weighted by Gasteiger charge is -2.09. The van der Waals surface area contributed by atoms with Gasteiger partial charge in [0.05, 0.1) is 0 Å². The number of fused-ring (bicyclic) bond motifs is 1. The van der Waals surface area contributed by atoms with Gasteiger partial charge in [-0.3, -0.25) is 0 Å². The zero-order chi connectivity index (χ0) is 14.3. The van der Waals surface area contributed by atoms with Crippen molar-refractivity contribution < 1.29 is 23.8 Å². The lowest BCUT2D eigenvalue weighted by molar-refractivity contribution is -0.146. The standard InChI is InChI=1S/C15H13FO4/c16-15(14(18)19)11-7-6-10(12(11)15)13(17)20-8-9-4-2-1-3-5-9/h1-6,11-12H,7-8H2,(H,18,19)/t11-,12+,15-/m1/s1. The molecular formula is C15H13FO4. The fourth-order valence-electron chi connectivity index (χ4n) is 2.86. The van der Waals surface area contributed by atoms with Crippen LogP contribution in [0.2, 0.25) is 0 Å². The summed E-state index contributed by atoms with van der Waals surface area (Å²) in [6.07, 6.45) is 1.87. The number of aliphatic carboxylic acids is 1. The Morgan fingerprint density at radius 3 is 2.65 bits per heavy atom. The average molecular weight is 276 g/mol. The molecule has 0 radical (unpaired) electrons. The monoisotopic (exact) mass is 276 g/mol. The first-order valence-corrected chi connectivity index (χ1v) is 6.38. The summed E-state index contributed by atoms with van der Waals surface area (Å²) in [5.41, 5.74) is -1.29. The molecule has 1 saturated carbocycles. The van der Waals surface area contributed by atoms with Crippen LogP contribution in [0.1, 0.15) is 12.0 Å². The zero-order valence-corrected chi connectivity index (χ0v) is 10.6. The van der Waals surface area contributed by atoms with Crippen LogP contribution < -0.4 is 0 Å². The van der Waals surface area contributed by atoms with E-state index < -0.39 is 29.4 Å². The van der Waals surface area contributed by atoms with E-state index in [2.05, 4.69) is 0 Å². The largest absolute Gasteiger partial charge is 0.479 e. The van der Waals surface area contributed by atoms with Gasteiger partial charge in [0.1, 0.15) is 6.61 Å². The van der Waals surface area contributed by atoms with E-state index in [0.717, 1.165) is 5.56 Å². The first-order chi connectivity index (χ1) is 9.55. The van der Waals surface area contributed by atoms with Crippen LogP contribution in [-0.2, 0) is 20.9 Å². The lowest BCUT2D eigenvalue weighted by atomic mass is 10.1. The molecule has 1 aromatic rings. The summed E-state index contributed by atoms with van der Waals surface area (Å²) in [5.74, 6) is -3.57. The number of hydrogen-bond donors (Lipinski definition) is 1. The molecule has 104 valence electrons. The summed E-state index contributed by atoms with van der Waals surface area (Å²) in [6, 6.07) is 9.13. The maximum Gasteiger partial charge on any atom is 0.342 e. The minimum absolute atomic E-state index is 0.0980. The Morgan fingerprint density at radius 2 is 2.05 bits per heavy atom. The number of carbonyl (C=O) groups excluding carboxylic acids is 1. The highest BCUT2D eigenvalue weighted by Gasteiger charge is 2.75. The molecule has 1 fully saturated rings. The van der Waals surface area contributed by atoms with Crippen LogP contribution in [0.5, 0.6) is 0 Å². The number of hydrogen-bond acceptors (Lipinski definition) is 3. The molecule has 2 aliphatic carbocycles. The Labute approximate surface area is 114 Å². The number of carbonyl (C=O) groups is 2. The lowest BCUT2D eigenvalue weighted by Crippen LogP contribution is -2.24. The van der Waals surface area contributed by atoms with Crippen molar-refractivity contribution in [1.82, 2.24) is 0 Å². The second-order valence-corrected chi connectivity index (χ2v) is 5.11. The number of ether oxygens (including phenoxy) is 1. The van der Waals surface area contributed by atoms with Gasteiger partial charge >= 0.3 is 11.9 Å². The van der Waals surface area contributed by atoms with Crippen molar-refractivity contribution in [3.8, 4) is 0 Å². The molecule has 0 bridgehead atoms. The van der Waals surface area contributed by atoms with Crippen molar-refractivity contribution in [3.05, 3.63) is 47.5 Å². The topological polar surface area (TPSA) is 63.6 Å². The first kappa shape index (κ1) is 12.8. The second kappa shape index (κ2) is 4.44. The van der Waals surface area contributed by atoms with Crippen molar-refractivity contribution in [2.45, 2.75) is 18.7 Å². The van der Waals surface area contributed by atoms with E-state index in [1.54, 1.807) is 6.08 Å². The van der Waals surface area contributed by atoms with Crippen molar-refractivity contribution >= 4 is 11.9 Å². The normalized spacial score (nSPS) is 30.4. The summed E-state index contributed by atoms with van der Waals surface area (Å²) >= 11 is 0. The van der Waals surface area contributed by atoms with Crippen LogP contribution in [0.15, 0.2) is 42.0 Å². The van der Waals surface area contributed by atoms with Gasteiger partial charge in [0.25, 0.3) is 0 Å². The third-order valence-electron chi connectivity index (χ3n) is 3.99. The second-order valence-electron chi connectivity index (χ2n) is 5.11. The van der Waals surface area contributed by atoms with Crippen LogP contribution in [0, 0.1) is 11.8 Å². The highest BCUT2D eigenvalue weighted by Crippen LogP contribution is 2.63. The molecule has 0 aliphatic heterocycles. The number of alkyl halides is 1. The average Bonchev–Trinajstić information content (AvgIpc) is 2.86. The molecule has 0 saturated heterocycles. The first-order valence-electron chi connectivity index (χ1n) is 6.38. The quantitative estimate of drug-likeness (QED) is 0.855. The van der Waals surface area contributed by atoms with E-state index >= 15 is 0 Å². The highest BCUT2D eigenvalue weighted by atomic mass is 19.1. The molecule has 0 unspecified atom stereocenters. The van der Waals surface area contributed by atoms with Crippen LogP contribution in [0.4, 0.5) is 4.39 Å². The van der Waals surface area contributed by atoms with E-state index in [-0.39, 0.29) is 18.6 Å². The van der Waals surface area contributed by atoms with Gasteiger partial charge in [-0.1, -0.05) is 36.4 Å². The van der Waals surface area contributed by atoms with E-state index in [0.29, 0.717) is 0 Å². The summed E-state index contributed by atoms with van der Waals surface area (Å²) < 4.78 is 19.2. The Kier molecular flexibility index (Phi) is 2.85. The minimum atomic E-state index is -2.28. The zero-order valence-electron chi connectivity index (χ0n) is 10.6. The molecular weight excluding hydrogens is 263 g/mol. The van der Waals surface area contributed by atoms with Gasteiger partial charge in [-0.25, -0.2) is 14.0 Å². The third kappa shape index (κ3) is 1.81. The predicted molar refractivity (Wildman–Crippen MR) is 67.4 cm³/mol. The summed E-state index contributed by atoms with van der Waals surface area (Å²) in [7, 11) is 0. The SMILES string of the molecule is O=C(OCc1ccccc1)C1=CC[C@@H]2[C@H]1[C@@]2(F)C(=O)O. The number of allylic oxidation sites excluding steroid dienone is 1. The van der Waals surface area contributed by atoms with Gasteiger partial charge in [-0.15, -0.1) is 0 Å². The minimum Gasteiger partial charge on any atom is -0.479 e. The number of halogens is 1. The molecule has 4 nitrogen and oxygen atoms in total. The Balaban J connectivity index is 1.64. The maximum atomic E-state index is 14.1. The van der Waals surface area contributed by atoms with E-state index in [4.69, 9.17) is 9.84 Å². The summed E-state index contributed by atoms with van der Waals surface area (Å²) in [4.78, 5) is 22.8. The molecule has 0 spiro atoms. The Hall–Kier alpha value is -2.17. The van der Waals surface area contributed by atoms with Gasteiger partial charge in [0.2, 0.25) is 5.67 Å². The van der Waals surface area contributed by atoms with Gasteiger partial charge in [0, 0.05) is 17.4 Å². The van der Waals surface area contributed by atoms with E-state index in [1.165, 1.54) is 0 Å².